The number of carbonyl (C=O) groups is 1. The minimum absolute atomic E-state index is 0.107. The highest BCUT2D eigenvalue weighted by molar-refractivity contribution is 5.94. The molecule has 94 valence electrons. The summed E-state index contributed by atoms with van der Waals surface area (Å²) in [5.74, 6) is -3.10. The van der Waals surface area contributed by atoms with Crippen molar-refractivity contribution in [2.24, 2.45) is 5.41 Å². The van der Waals surface area contributed by atoms with Crippen molar-refractivity contribution in [2.75, 3.05) is 5.32 Å². The number of rotatable bonds is 2. The molecule has 0 radical (unpaired) electrons. The van der Waals surface area contributed by atoms with Gasteiger partial charge in [0, 0.05) is 23.6 Å². The van der Waals surface area contributed by atoms with Crippen molar-refractivity contribution >= 4 is 11.6 Å². The molecule has 0 aliphatic heterocycles. The highest BCUT2D eigenvalue weighted by atomic mass is 19.3. The van der Waals surface area contributed by atoms with Crippen molar-refractivity contribution in [1.82, 2.24) is 0 Å². The molecule has 0 saturated carbocycles. The summed E-state index contributed by atoms with van der Waals surface area (Å²) in [6, 6.07) is 5.74. The lowest BCUT2D eigenvalue weighted by molar-refractivity contribution is -0.123. The Kier molecular flexibility index (Phi) is 3.55. The average Bonchev–Trinajstić information content (AvgIpc) is 2.15. The Labute approximate surface area is 100 Å². The van der Waals surface area contributed by atoms with Crippen molar-refractivity contribution in [2.45, 2.75) is 33.6 Å². The molecule has 1 amide bonds. The van der Waals surface area contributed by atoms with E-state index in [0.717, 1.165) is 6.92 Å². The molecule has 1 rings (SSSR count). The molecule has 0 aromatic heterocycles. The van der Waals surface area contributed by atoms with Crippen molar-refractivity contribution in [3.05, 3.63) is 29.8 Å². The van der Waals surface area contributed by atoms with Crippen molar-refractivity contribution < 1.29 is 13.6 Å². The Hall–Kier alpha value is -1.45. The van der Waals surface area contributed by atoms with Crippen LogP contribution in [0.25, 0.3) is 0 Å². The van der Waals surface area contributed by atoms with E-state index in [2.05, 4.69) is 5.32 Å². The van der Waals surface area contributed by atoms with Crippen LogP contribution in [-0.2, 0) is 10.7 Å². The van der Waals surface area contributed by atoms with Gasteiger partial charge in [0.15, 0.2) is 0 Å². The van der Waals surface area contributed by atoms with Crippen LogP contribution in [0.3, 0.4) is 0 Å². The molecule has 0 atom stereocenters. The van der Waals surface area contributed by atoms with Gasteiger partial charge in [-0.25, -0.2) is 8.78 Å². The van der Waals surface area contributed by atoms with E-state index >= 15 is 0 Å². The van der Waals surface area contributed by atoms with E-state index < -0.39 is 11.3 Å². The van der Waals surface area contributed by atoms with Crippen molar-refractivity contribution in [3.8, 4) is 0 Å². The summed E-state index contributed by atoms with van der Waals surface area (Å²) in [7, 11) is 0. The highest BCUT2D eigenvalue weighted by Gasteiger charge is 2.25. The molecule has 0 saturated heterocycles. The Morgan fingerprint density at radius 2 is 1.76 bits per heavy atom. The van der Waals surface area contributed by atoms with Crippen molar-refractivity contribution in [3.63, 3.8) is 0 Å². The topological polar surface area (TPSA) is 29.1 Å². The highest BCUT2D eigenvalue weighted by Crippen LogP contribution is 2.29. The zero-order valence-electron chi connectivity index (χ0n) is 10.5. The Bertz CT molecular complexity index is 416. The third-order valence-electron chi connectivity index (χ3n) is 2.31. The van der Waals surface area contributed by atoms with E-state index in [-0.39, 0.29) is 11.5 Å². The number of amides is 1. The Morgan fingerprint density at radius 1 is 1.18 bits per heavy atom. The molecule has 0 bridgehead atoms. The first-order valence-corrected chi connectivity index (χ1v) is 5.40. The third-order valence-corrected chi connectivity index (χ3v) is 2.31. The van der Waals surface area contributed by atoms with E-state index in [4.69, 9.17) is 0 Å². The van der Waals surface area contributed by atoms with Crippen LogP contribution in [-0.4, -0.2) is 5.91 Å². The van der Waals surface area contributed by atoms with Gasteiger partial charge in [-0.2, -0.15) is 0 Å². The second-order valence-electron chi connectivity index (χ2n) is 5.17. The van der Waals surface area contributed by atoms with E-state index in [1.165, 1.54) is 18.2 Å². The zero-order chi connectivity index (χ0) is 13.3. The molecule has 0 unspecified atom stereocenters. The standard InChI is InChI=1S/C13H17F2NO/c1-12(2,3)11(17)16-10-7-5-6-9(8-10)13(4,14)15/h5-8H,1-4H3,(H,16,17). The molecular weight excluding hydrogens is 224 g/mol. The minimum atomic E-state index is -2.90. The van der Waals surface area contributed by atoms with E-state index in [1.54, 1.807) is 26.8 Å². The molecule has 1 N–H and O–H groups in total. The zero-order valence-corrected chi connectivity index (χ0v) is 10.5. The fraction of sp³-hybridized carbons (Fsp3) is 0.462. The van der Waals surface area contributed by atoms with Gasteiger partial charge in [0.1, 0.15) is 0 Å². The van der Waals surface area contributed by atoms with E-state index in [9.17, 15) is 13.6 Å². The fourth-order valence-corrected chi connectivity index (χ4v) is 1.19. The third kappa shape index (κ3) is 3.80. The molecule has 0 spiro atoms. The molecule has 4 heteroatoms. The predicted molar refractivity (Wildman–Crippen MR) is 64.1 cm³/mol. The lowest BCUT2D eigenvalue weighted by Gasteiger charge is -2.18. The van der Waals surface area contributed by atoms with Crippen LogP contribution >= 0.6 is 0 Å². The molecular formula is C13H17F2NO. The summed E-state index contributed by atoms with van der Waals surface area (Å²) in [4.78, 5) is 11.7. The molecule has 1 aromatic carbocycles. The molecule has 2 nitrogen and oxygen atoms in total. The van der Waals surface area contributed by atoms with Crippen molar-refractivity contribution in [1.29, 1.82) is 0 Å². The van der Waals surface area contributed by atoms with Gasteiger partial charge >= 0.3 is 0 Å². The summed E-state index contributed by atoms with van der Waals surface area (Å²) in [6.45, 7) is 6.12. The lowest BCUT2D eigenvalue weighted by Crippen LogP contribution is -2.27. The summed E-state index contributed by atoms with van der Waals surface area (Å²) < 4.78 is 26.2. The molecule has 17 heavy (non-hydrogen) atoms. The second kappa shape index (κ2) is 4.43. The minimum Gasteiger partial charge on any atom is -0.326 e. The number of hydrogen-bond acceptors (Lipinski definition) is 1. The largest absolute Gasteiger partial charge is 0.326 e. The lowest BCUT2D eigenvalue weighted by atomic mass is 9.95. The first kappa shape index (κ1) is 13.6. The summed E-state index contributed by atoms with van der Waals surface area (Å²) in [6.07, 6.45) is 0. The molecule has 0 heterocycles. The van der Waals surface area contributed by atoms with Gasteiger partial charge in [-0.3, -0.25) is 4.79 Å². The predicted octanol–water partition coefficient (Wildman–Crippen LogP) is 3.78. The van der Waals surface area contributed by atoms with E-state index in [1.807, 2.05) is 0 Å². The number of benzene rings is 1. The van der Waals surface area contributed by atoms with Gasteiger partial charge in [-0.05, 0) is 12.1 Å². The van der Waals surface area contributed by atoms with Crippen LogP contribution in [0.5, 0.6) is 0 Å². The van der Waals surface area contributed by atoms with Crippen LogP contribution in [0.4, 0.5) is 14.5 Å². The number of nitrogens with one attached hydrogen (secondary N) is 1. The maximum atomic E-state index is 13.1. The molecule has 1 aromatic rings. The van der Waals surface area contributed by atoms with Gasteiger partial charge in [0.2, 0.25) is 5.91 Å². The first-order chi connectivity index (χ1) is 7.60. The number of anilines is 1. The van der Waals surface area contributed by atoms with Gasteiger partial charge < -0.3 is 5.32 Å². The van der Waals surface area contributed by atoms with Gasteiger partial charge in [0.25, 0.3) is 5.92 Å². The summed E-state index contributed by atoms with van der Waals surface area (Å²) in [5, 5.41) is 2.62. The number of alkyl halides is 2. The van der Waals surface area contributed by atoms with Crippen LogP contribution in [0, 0.1) is 5.41 Å². The number of halogens is 2. The first-order valence-electron chi connectivity index (χ1n) is 5.40. The van der Waals surface area contributed by atoms with Crippen LogP contribution in [0.2, 0.25) is 0 Å². The summed E-state index contributed by atoms with van der Waals surface area (Å²) in [5.41, 5.74) is -0.266. The van der Waals surface area contributed by atoms with E-state index in [0.29, 0.717) is 5.69 Å². The summed E-state index contributed by atoms with van der Waals surface area (Å²) >= 11 is 0. The van der Waals surface area contributed by atoms with Gasteiger partial charge in [-0.1, -0.05) is 32.9 Å². The number of hydrogen-bond donors (Lipinski definition) is 1. The van der Waals surface area contributed by atoms with Crippen LogP contribution < -0.4 is 5.32 Å². The van der Waals surface area contributed by atoms with Gasteiger partial charge in [-0.15, -0.1) is 0 Å². The van der Waals surface area contributed by atoms with Crippen LogP contribution in [0.15, 0.2) is 24.3 Å². The fourth-order valence-electron chi connectivity index (χ4n) is 1.19. The van der Waals surface area contributed by atoms with Gasteiger partial charge in [0.05, 0.1) is 0 Å². The maximum Gasteiger partial charge on any atom is 0.270 e. The van der Waals surface area contributed by atoms with Crippen LogP contribution in [0.1, 0.15) is 33.3 Å². The second-order valence-corrected chi connectivity index (χ2v) is 5.17. The Balaban J connectivity index is 2.91. The smallest absolute Gasteiger partial charge is 0.270 e. The maximum absolute atomic E-state index is 13.1. The number of carbonyl (C=O) groups excluding carboxylic acids is 1. The monoisotopic (exact) mass is 241 g/mol. The molecule has 0 aliphatic carbocycles. The molecule has 0 aliphatic rings. The average molecular weight is 241 g/mol. The Morgan fingerprint density at radius 3 is 2.24 bits per heavy atom. The quantitative estimate of drug-likeness (QED) is 0.838. The normalized spacial score (nSPS) is 12.4. The molecule has 0 fully saturated rings. The SMILES string of the molecule is CC(C)(C)C(=O)Nc1cccc(C(C)(F)F)c1.